The molecule has 0 aliphatic carbocycles. The molecule has 1 heterocycles. The van der Waals surface area contributed by atoms with Gasteiger partial charge in [-0.2, -0.15) is 4.98 Å². The number of rotatable bonds is 5. The molecule has 7 nitrogen and oxygen atoms in total. The van der Waals surface area contributed by atoms with Gasteiger partial charge in [0.25, 0.3) is 5.89 Å². The molecule has 0 amide bonds. The van der Waals surface area contributed by atoms with Crippen molar-refractivity contribution < 1.29 is 18.7 Å². The maximum atomic E-state index is 5.79. The second-order valence-corrected chi connectivity index (χ2v) is 4.93. The first kappa shape index (κ1) is 15.7. The number of aromatic nitrogens is 2. The van der Waals surface area contributed by atoms with Crippen LogP contribution in [0.3, 0.4) is 0 Å². The predicted molar refractivity (Wildman–Crippen MR) is 89.2 cm³/mol. The lowest BCUT2D eigenvalue weighted by atomic mass is 10.1. The minimum Gasteiger partial charge on any atom is -0.493 e. The third kappa shape index (κ3) is 2.71. The van der Waals surface area contributed by atoms with E-state index in [9.17, 15) is 0 Å². The number of nitrogens with two attached hydrogens (primary N) is 1. The van der Waals surface area contributed by atoms with Crippen molar-refractivity contribution in [2.24, 2.45) is 0 Å². The smallest absolute Gasteiger partial charge is 0.258 e. The number of anilines is 1. The molecule has 0 bridgehead atoms. The third-order valence-electron chi connectivity index (χ3n) is 3.50. The number of nitrogens with zero attached hydrogens (tertiary/aromatic N) is 2. The molecule has 0 atom stereocenters. The Hall–Kier alpha value is -3.22. The summed E-state index contributed by atoms with van der Waals surface area (Å²) in [5, 5.41) is 4.03. The zero-order valence-corrected chi connectivity index (χ0v) is 13.6. The first-order valence-corrected chi connectivity index (χ1v) is 7.17. The highest BCUT2D eigenvalue weighted by atomic mass is 16.5. The molecule has 0 unspecified atom stereocenters. The average molecular weight is 327 g/mol. The van der Waals surface area contributed by atoms with Crippen LogP contribution in [-0.2, 0) is 0 Å². The highest BCUT2D eigenvalue weighted by molar-refractivity contribution is 5.73. The van der Waals surface area contributed by atoms with Crippen molar-refractivity contribution in [3.8, 4) is 40.1 Å². The van der Waals surface area contributed by atoms with Crippen molar-refractivity contribution in [2.75, 3.05) is 27.1 Å². The summed E-state index contributed by atoms with van der Waals surface area (Å²) in [6.07, 6.45) is 0. The van der Waals surface area contributed by atoms with Crippen LogP contribution in [-0.4, -0.2) is 31.5 Å². The Morgan fingerprint density at radius 2 is 1.75 bits per heavy atom. The summed E-state index contributed by atoms with van der Waals surface area (Å²) in [7, 11) is 4.64. The Balaban J connectivity index is 2.07. The van der Waals surface area contributed by atoms with Gasteiger partial charge in [0.1, 0.15) is 0 Å². The van der Waals surface area contributed by atoms with Gasteiger partial charge in [0.05, 0.1) is 26.9 Å². The summed E-state index contributed by atoms with van der Waals surface area (Å²) < 4.78 is 21.4. The predicted octanol–water partition coefficient (Wildman–Crippen LogP) is 3.01. The molecular weight excluding hydrogens is 310 g/mol. The molecule has 1 aromatic heterocycles. The van der Waals surface area contributed by atoms with Crippen LogP contribution >= 0.6 is 0 Å². The minimum absolute atomic E-state index is 0.370. The van der Waals surface area contributed by atoms with E-state index < -0.39 is 0 Å². The van der Waals surface area contributed by atoms with E-state index >= 15 is 0 Å². The molecule has 2 N–H and O–H groups in total. The van der Waals surface area contributed by atoms with Gasteiger partial charge in [-0.15, -0.1) is 0 Å². The van der Waals surface area contributed by atoms with Gasteiger partial charge in [-0.1, -0.05) is 11.2 Å². The molecule has 7 heteroatoms. The fourth-order valence-corrected chi connectivity index (χ4v) is 2.40. The Morgan fingerprint density at radius 3 is 2.42 bits per heavy atom. The SMILES string of the molecule is COc1ccc(-c2noc(-c3cccc(N)c3)n2)c(OC)c1OC. The highest BCUT2D eigenvalue weighted by Gasteiger charge is 2.21. The van der Waals surface area contributed by atoms with Gasteiger partial charge in [-0.05, 0) is 30.3 Å². The highest BCUT2D eigenvalue weighted by Crippen LogP contribution is 2.43. The molecule has 2 aromatic carbocycles. The summed E-state index contributed by atoms with van der Waals surface area (Å²) >= 11 is 0. The minimum atomic E-state index is 0.370. The van der Waals surface area contributed by atoms with Gasteiger partial charge in [-0.3, -0.25) is 0 Å². The van der Waals surface area contributed by atoms with E-state index in [1.54, 1.807) is 45.6 Å². The summed E-state index contributed by atoms with van der Waals surface area (Å²) in [6.45, 7) is 0. The largest absolute Gasteiger partial charge is 0.493 e. The zero-order chi connectivity index (χ0) is 17.1. The maximum Gasteiger partial charge on any atom is 0.258 e. The van der Waals surface area contributed by atoms with E-state index in [0.717, 1.165) is 5.56 Å². The van der Waals surface area contributed by atoms with Crippen LogP contribution < -0.4 is 19.9 Å². The molecule has 3 aromatic rings. The number of hydrogen-bond donors (Lipinski definition) is 1. The molecular formula is C17H17N3O4. The lowest BCUT2D eigenvalue weighted by Crippen LogP contribution is -1.97. The molecule has 0 saturated heterocycles. The summed E-state index contributed by atoms with van der Waals surface area (Å²) in [5.74, 6) is 2.24. The lowest BCUT2D eigenvalue weighted by Gasteiger charge is -2.13. The van der Waals surface area contributed by atoms with E-state index in [1.165, 1.54) is 0 Å². The second kappa shape index (κ2) is 6.49. The summed E-state index contributed by atoms with van der Waals surface area (Å²) in [5.41, 5.74) is 7.79. The standard InChI is InChI=1S/C17H17N3O4/c1-21-13-8-7-12(14(22-2)15(13)23-3)16-19-17(24-20-16)10-5-4-6-11(18)9-10/h4-9H,18H2,1-3H3. The van der Waals surface area contributed by atoms with Crippen LogP contribution in [0.4, 0.5) is 5.69 Å². The van der Waals surface area contributed by atoms with Gasteiger partial charge in [-0.25, -0.2) is 0 Å². The van der Waals surface area contributed by atoms with Crippen LogP contribution in [0.15, 0.2) is 40.9 Å². The zero-order valence-electron chi connectivity index (χ0n) is 13.6. The van der Waals surface area contributed by atoms with Crippen LogP contribution in [0.2, 0.25) is 0 Å². The van der Waals surface area contributed by atoms with Gasteiger partial charge >= 0.3 is 0 Å². The van der Waals surface area contributed by atoms with E-state index in [1.807, 2.05) is 12.1 Å². The van der Waals surface area contributed by atoms with Gasteiger partial charge in [0.2, 0.25) is 11.6 Å². The normalized spacial score (nSPS) is 10.5. The first-order valence-electron chi connectivity index (χ1n) is 7.17. The van der Waals surface area contributed by atoms with Crippen LogP contribution in [0.1, 0.15) is 0 Å². The Bertz CT molecular complexity index is 861. The van der Waals surface area contributed by atoms with E-state index in [-0.39, 0.29) is 0 Å². The van der Waals surface area contributed by atoms with Crippen LogP contribution in [0, 0.1) is 0 Å². The topological polar surface area (TPSA) is 92.6 Å². The number of nitrogen functional groups attached to an aromatic ring is 1. The van der Waals surface area contributed by atoms with Gasteiger partial charge in [0.15, 0.2) is 11.5 Å². The molecule has 0 spiro atoms. The molecule has 0 aliphatic heterocycles. The summed E-state index contributed by atoms with van der Waals surface area (Å²) in [6, 6.07) is 10.8. The summed E-state index contributed by atoms with van der Waals surface area (Å²) in [4.78, 5) is 4.42. The quantitative estimate of drug-likeness (QED) is 0.720. The van der Waals surface area contributed by atoms with Gasteiger partial charge < -0.3 is 24.5 Å². The number of benzene rings is 2. The van der Waals surface area contributed by atoms with Crippen molar-refractivity contribution in [3.05, 3.63) is 36.4 Å². The fraction of sp³-hybridized carbons (Fsp3) is 0.176. The van der Waals surface area contributed by atoms with Crippen molar-refractivity contribution >= 4 is 5.69 Å². The maximum absolute atomic E-state index is 5.79. The molecule has 124 valence electrons. The first-order chi connectivity index (χ1) is 11.7. The van der Waals surface area contributed by atoms with Crippen molar-refractivity contribution in [1.82, 2.24) is 10.1 Å². The van der Waals surface area contributed by atoms with Gasteiger partial charge in [0, 0.05) is 11.3 Å². The van der Waals surface area contributed by atoms with Crippen molar-refractivity contribution in [2.45, 2.75) is 0 Å². The van der Waals surface area contributed by atoms with Crippen molar-refractivity contribution in [1.29, 1.82) is 0 Å². The van der Waals surface area contributed by atoms with Crippen LogP contribution in [0.25, 0.3) is 22.8 Å². The number of methoxy groups -OCH3 is 3. The van der Waals surface area contributed by atoms with E-state index in [4.69, 9.17) is 24.5 Å². The second-order valence-electron chi connectivity index (χ2n) is 4.93. The molecule has 0 aliphatic rings. The number of hydrogen-bond acceptors (Lipinski definition) is 7. The molecule has 0 fully saturated rings. The fourth-order valence-electron chi connectivity index (χ4n) is 2.40. The lowest BCUT2D eigenvalue weighted by molar-refractivity contribution is 0.325. The Kier molecular flexibility index (Phi) is 4.24. The molecule has 0 radical (unpaired) electrons. The average Bonchev–Trinajstić information content (AvgIpc) is 3.10. The third-order valence-corrected chi connectivity index (χ3v) is 3.50. The molecule has 3 rings (SSSR count). The number of ether oxygens (including phenoxy) is 3. The van der Waals surface area contributed by atoms with E-state index in [0.29, 0.717) is 40.2 Å². The van der Waals surface area contributed by atoms with Crippen LogP contribution in [0.5, 0.6) is 17.2 Å². The molecule has 0 saturated carbocycles. The Labute approximate surface area is 139 Å². The Morgan fingerprint density at radius 1 is 0.958 bits per heavy atom. The van der Waals surface area contributed by atoms with Crippen molar-refractivity contribution in [3.63, 3.8) is 0 Å². The molecule has 24 heavy (non-hydrogen) atoms. The van der Waals surface area contributed by atoms with E-state index in [2.05, 4.69) is 10.1 Å². The monoisotopic (exact) mass is 327 g/mol.